The number of nitrogens with zero attached hydrogens (tertiary/aromatic N) is 1. The molecule has 0 heterocycles. The molecule has 15 heavy (non-hydrogen) atoms. The highest BCUT2D eigenvalue weighted by Crippen LogP contribution is 2.20. The van der Waals surface area contributed by atoms with Crippen LogP contribution in [-0.2, 0) is 5.54 Å². The summed E-state index contributed by atoms with van der Waals surface area (Å²) < 4.78 is 0.937. The van der Waals surface area contributed by atoms with E-state index in [4.69, 9.17) is 34.2 Å². The lowest BCUT2D eigenvalue weighted by molar-refractivity contribution is 0.646. The molecule has 1 aromatic carbocycles. The summed E-state index contributed by atoms with van der Waals surface area (Å²) in [6.07, 6.45) is 0. The normalized spacial score (nSPS) is 13.1. The van der Waals surface area contributed by atoms with Crippen LogP contribution >= 0.6 is 39.1 Å². The lowest BCUT2D eigenvalue weighted by Crippen LogP contribution is -2.30. The van der Waals surface area contributed by atoms with E-state index in [2.05, 4.69) is 15.9 Å². The Kier molecular flexibility index (Phi) is 6.95. The summed E-state index contributed by atoms with van der Waals surface area (Å²) in [5.41, 5.74) is 5.64. The second-order valence-electron chi connectivity index (χ2n) is 2.93. The predicted octanol–water partition coefficient (Wildman–Crippen LogP) is 3.57. The summed E-state index contributed by atoms with van der Waals surface area (Å²) in [4.78, 5) is 0. The van der Waals surface area contributed by atoms with Crippen LogP contribution in [0.5, 0.6) is 0 Å². The number of hydrogen-bond acceptors (Lipinski definition) is 2. The van der Waals surface area contributed by atoms with E-state index in [1.165, 1.54) is 0 Å². The molecular weight excluding hydrogens is 299 g/mol. The van der Waals surface area contributed by atoms with Gasteiger partial charge in [0.2, 0.25) is 0 Å². The Labute approximate surface area is 108 Å². The summed E-state index contributed by atoms with van der Waals surface area (Å²) >= 11 is 12.8. The van der Waals surface area contributed by atoms with Crippen molar-refractivity contribution in [2.24, 2.45) is 5.73 Å². The molecule has 0 amide bonds. The lowest BCUT2D eigenvalue weighted by Gasteiger charge is -2.15. The van der Waals surface area contributed by atoms with Crippen LogP contribution in [0.2, 0.25) is 0 Å². The molecular formula is C10H11BrCl2N2. The van der Waals surface area contributed by atoms with E-state index in [1.807, 2.05) is 30.3 Å². The van der Waals surface area contributed by atoms with Gasteiger partial charge in [-0.15, -0.1) is 23.2 Å². The minimum absolute atomic E-state index is 0.194. The van der Waals surface area contributed by atoms with Gasteiger partial charge in [-0.3, -0.25) is 0 Å². The molecule has 0 aliphatic carbocycles. The van der Waals surface area contributed by atoms with Crippen molar-refractivity contribution >= 4 is 39.1 Å². The van der Waals surface area contributed by atoms with Gasteiger partial charge in [0.25, 0.3) is 0 Å². The fraction of sp³-hybridized carbons (Fsp3) is 0.300. The average molecular weight is 310 g/mol. The molecule has 82 valence electrons. The second-order valence-corrected chi connectivity index (χ2v) is 4.65. The van der Waals surface area contributed by atoms with Gasteiger partial charge in [-0.05, 0) is 24.6 Å². The van der Waals surface area contributed by atoms with Crippen LogP contribution in [0, 0.1) is 11.3 Å². The van der Waals surface area contributed by atoms with Crippen molar-refractivity contribution in [1.82, 2.24) is 0 Å². The smallest absolute Gasteiger partial charge is 0.126 e. The maximum absolute atomic E-state index is 8.75. The van der Waals surface area contributed by atoms with Crippen LogP contribution in [0.3, 0.4) is 0 Å². The average Bonchev–Trinajstić information content (AvgIpc) is 2.19. The highest BCUT2D eigenvalue weighted by Gasteiger charge is 2.19. The van der Waals surface area contributed by atoms with Gasteiger partial charge in [-0.25, -0.2) is 0 Å². The molecule has 5 heteroatoms. The van der Waals surface area contributed by atoms with E-state index in [-0.39, 0.29) is 5.34 Å². The summed E-state index contributed by atoms with van der Waals surface area (Å²) in [6, 6.07) is 9.50. The van der Waals surface area contributed by atoms with Crippen LogP contribution in [0.15, 0.2) is 28.7 Å². The molecule has 0 saturated heterocycles. The number of halogens is 3. The molecule has 0 saturated carbocycles. The van der Waals surface area contributed by atoms with Crippen molar-refractivity contribution in [3.63, 3.8) is 0 Å². The van der Waals surface area contributed by atoms with Gasteiger partial charge in [0.15, 0.2) is 0 Å². The van der Waals surface area contributed by atoms with Crippen molar-refractivity contribution in [3.8, 4) is 6.07 Å². The summed E-state index contributed by atoms with van der Waals surface area (Å²) in [7, 11) is 0. The number of rotatable bonds is 1. The molecule has 2 nitrogen and oxygen atoms in total. The largest absolute Gasteiger partial charge is 0.310 e. The Morgan fingerprint density at radius 3 is 2.47 bits per heavy atom. The van der Waals surface area contributed by atoms with Crippen LogP contribution < -0.4 is 5.73 Å². The Bertz CT molecular complexity index is 348. The molecule has 0 bridgehead atoms. The number of nitrogens with two attached hydrogens (primary N) is 1. The third kappa shape index (κ3) is 5.39. The minimum Gasteiger partial charge on any atom is -0.310 e. The van der Waals surface area contributed by atoms with Gasteiger partial charge >= 0.3 is 0 Å². The summed E-state index contributed by atoms with van der Waals surface area (Å²) in [5, 5.41) is 8.94. The third-order valence-electron chi connectivity index (χ3n) is 1.66. The molecule has 0 aromatic heterocycles. The number of nitriles is 1. The standard InChI is InChI=1S/C9H9BrN2.CH2Cl2/c1-9(12,6-11)7-3-2-4-8(10)5-7;2-1-3/h2-5H,12H2,1H3;1H2. The first kappa shape index (κ1) is 14.7. The molecule has 2 N–H and O–H groups in total. The predicted molar refractivity (Wildman–Crippen MR) is 67.9 cm³/mol. The van der Waals surface area contributed by atoms with Crippen LogP contribution in [0.25, 0.3) is 0 Å². The van der Waals surface area contributed by atoms with Crippen LogP contribution in [0.4, 0.5) is 0 Å². The van der Waals surface area contributed by atoms with Crippen molar-refractivity contribution in [2.75, 3.05) is 5.34 Å². The molecule has 0 radical (unpaired) electrons. The first-order valence-electron chi connectivity index (χ1n) is 4.06. The Hall–Kier alpha value is -0.270. The van der Waals surface area contributed by atoms with Gasteiger partial charge in [-0.2, -0.15) is 5.26 Å². The van der Waals surface area contributed by atoms with Gasteiger partial charge in [0.05, 0.1) is 11.4 Å². The van der Waals surface area contributed by atoms with E-state index < -0.39 is 5.54 Å². The van der Waals surface area contributed by atoms with Crippen molar-refractivity contribution < 1.29 is 0 Å². The first-order valence-corrected chi connectivity index (χ1v) is 5.92. The van der Waals surface area contributed by atoms with E-state index in [9.17, 15) is 0 Å². The van der Waals surface area contributed by atoms with Gasteiger partial charge in [0.1, 0.15) is 5.54 Å². The molecule has 0 aliphatic rings. The topological polar surface area (TPSA) is 49.8 Å². The van der Waals surface area contributed by atoms with E-state index in [0.717, 1.165) is 10.0 Å². The minimum atomic E-state index is -0.899. The van der Waals surface area contributed by atoms with Crippen LogP contribution in [-0.4, -0.2) is 5.34 Å². The zero-order valence-electron chi connectivity index (χ0n) is 8.17. The lowest BCUT2D eigenvalue weighted by atomic mass is 9.95. The molecule has 1 rings (SSSR count). The van der Waals surface area contributed by atoms with Crippen LogP contribution in [0.1, 0.15) is 12.5 Å². The van der Waals surface area contributed by atoms with Crippen molar-refractivity contribution in [3.05, 3.63) is 34.3 Å². The Morgan fingerprint density at radius 1 is 1.53 bits per heavy atom. The number of alkyl halides is 2. The molecule has 0 spiro atoms. The maximum atomic E-state index is 8.75. The zero-order chi connectivity index (χ0) is 11.9. The van der Waals surface area contributed by atoms with Gasteiger partial charge < -0.3 is 5.73 Å². The second kappa shape index (κ2) is 7.08. The molecule has 1 atom stereocenters. The van der Waals surface area contributed by atoms with Gasteiger partial charge in [0, 0.05) is 4.47 Å². The Balaban J connectivity index is 0.000000583. The SMILES string of the molecule is CC(N)(C#N)c1cccc(Br)c1.ClCCl. The molecule has 0 fully saturated rings. The fourth-order valence-corrected chi connectivity index (χ4v) is 1.28. The maximum Gasteiger partial charge on any atom is 0.126 e. The summed E-state index contributed by atoms with van der Waals surface area (Å²) in [5.74, 6) is 0. The van der Waals surface area contributed by atoms with E-state index in [1.54, 1.807) is 6.92 Å². The quantitative estimate of drug-likeness (QED) is 0.806. The van der Waals surface area contributed by atoms with Crippen molar-refractivity contribution in [1.29, 1.82) is 5.26 Å². The molecule has 0 aliphatic heterocycles. The number of benzene rings is 1. The Morgan fingerprint density at radius 2 is 2.07 bits per heavy atom. The van der Waals surface area contributed by atoms with Crippen molar-refractivity contribution in [2.45, 2.75) is 12.5 Å². The third-order valence-corrected chi connectivity index (χ3v) is 2.15. The number of hydrogen-bond donors (Lipinski definition) is 1. The fourth-order valence-electron chi connectivity index (χ4n) is 0.876. The zero-order valence-corrected chi connectivity index (χ0v) is 11.3. The molecule has 1 unspecified atom stereocenters. The summed E-state index contributed by atoms with van der Waals surface area (Å²) in [6.45, 7) is 1.69. The van der Waals surface area contributed by atoms with Gasteiger partial charge in [-0.1, -0.05) is 28.1 Å². The highest BCUT2D eigenvalue weighted by molar-refractivity contribution is 9.10. The highest BCUT2D eigenvalue weighted by atomic mass is 79.9. The first-order chi connectivity index (χ1) is 6.97. The van der Waals surface area contributed by atoms with E-state index in [0.29, 0.717) is 0 Å². The monoisotopic (exact) mass is 308 g/mol. The molecule has 1 aromatic rings. The van der Waals surface area contributed by atoms with E-state index >= 15 is 0 Å².